The summed E-state index contributed by atoms with van der Waals surface area (Å²) >= 11 is 0. The molecule has 0 saturated heterocycles. The van der Waals surface area contributed by atoms with Gasteiger partial charge >= 0.3 is 0 Å². The molecular formula is C25H28N2O6S. The number of hydrogen-bond donors (Lipinski definition) is 1. The van der Waals surface area contributed by atoms with Crippen LogP contribution < -0.4 is 14.8 Å². The zero-order valence-corrected chi connectivity index (χ0v) is 20.2. The number of rotatable bonds is 9. The Hall–Kier alpha value is -3.30. The molecule has 1 N–H and O–H groups in total. The number of carbonyl (C=O) groups excluding carboxylic acids is 1. The van der Waals surface area contributed by atoms with Crippen molar-refractivity contribution in [3.63, 3.8) is 0 Å². The summed E-state index contributed by atoms with van der Waals surface area (Å²) in [6.07, 6.45) is 2.26. The van der Waals surface area contributed by atoms with Gasteiger partial charge in [-0.25, -0.2) is 8.42 Å². The number of fused-ring (bicyclic) bond motifs is 1. The Morgan fingerprint density at radius 2 is 1.97 bits per heavy atom. The van der Waals surface area contributed by atoms with Crippen molar-refractivity contribution in [1.82, 2.24) is 4.31 Å². The second kappa shape index (κ2) is 9.90. The summed E-state index contributed by atoms with van der Waals surface area (Å²) in [7, 11) is -3.96. The fraction of sp³-hybridized carbons (Fsp3) is 0.320. The maximum atomic E-state index is 13.4. The highest BCUT2D eigenvalue weighted by atomic mass is 32.2. The van der Waals surface area contributed by atoms with Crippen LogP contribution in [0.4, 0.5) is 5.69 Å². The van der Waals surface area contributed by atoms with Crippen LogP contribution in [0.1, 0.15) is 30.7 Å². The molecule has 0 spiro atoms. The Balaban J connectivity index is 1.59. The van der Waals surface area contributed by atoms with E-state index in [1.54, 1.807) is 30.3 Å². The number of anilines is 1. The average Bonchev–Trinajstić information content (AvgIpc) is 3.42. The number of nitrogens with one attached hydrogen (secondary N) is 1. The first-order chi connectivity index (χ1) is 16.3. The van der Waals surface area contributed by atoms with Crippen LogP contribution in [0, 0.1) is 6.92 Å². The predicted molar refractivity (Wildman–Crippen MR) is 128 cm³/mol. The van der Waals surface area contributed by atoms with E-state index in [2.05, 4.69) is 5.32 Å². The largest absolute Gasteiger partial charge is 0.492 e. The Morgan fingerprint density at radius 1 is 1.21 bits per heavy atom. The first kappa shape index (κ1) is 23.8. The summed E-state index contributed by atoms with van der Waals surface area (Å²) < 4.78 is 44.7. The van der Waals surface area contributed by atoms with Gasteiger partial charge in [0.2, 0.25) is 15.9 Å². The molecule has 0 unspecified atom stereocenters. The number of ether oxygens (including phenoxy) is 2. The van der Waals surface area contributed by atoms with Crippen molar-refractivity contribution in [2.45, 2.75) is 44.7 Å². The first-order valence-corrected chi connectivity index (χ1v) is 12.6. The molecule has 180 valence electrons. The van der Waals surface area contributed by atoms with Gasteiger partial charge in [-0.2, -0.15) is 4.31 Å². The lowest BCUT2D eigenvalue weighted by Gasteiger charge is -2.21. The van der Waals surface area contributed by atoms with Crippen molar-refractivity contribution < 1.29 is 27.1 Å². The van der Waals surface area contributed by atoms with Crippen LogP contribution in [0.3, 0.4) is 0 Å². The normalized spacial score (nSPS) is 15.1. The van der Waals surface area contributed by atoms with Crippen LogP contribution in [0.15, 0.2) is 64.1 Å². The lowest BCUT2D eigenvalue weighted by molar-refractivity contribution is -0.116. The molecule has 0 saturated carbocycles. The van der Waals surface area contributed by atoms with E-state index >= 15 is 0 Å². The number of amides is 1. The average molecular weight is 485 g/mol. The smallest absolute Gasteiger partial charge is 0.243 e. The Morgan fingerprint density at radius 3 is 2.65 bits per heavy atom. The number of carbonyl (C=O) groups is 1. The van der Waals surface area contributed by atoms with E-state index in [4.69, 9.17) is 13.9 Å². The molecule has 3 aromatic rings. The van der Waals surface area contributed by atoms with Crippen LogP contribution in [0.5, 0.6) is 11.5 Å². The number of hydrogen-bond acceptors (Lipinski definition) is 6. The maximum absolute atomic E-state index is 13.4. The molecule has 1 atom stereocenters. The summed E-state index contributed by atoms with van der Waals surface area (Å²) in [5.41, 5.74) is 2.38. The molecule has 0 aliphatic carbocycles. The first-order valence-electron chi connectivity index (χ1n) is 11.1. The topological polar surface area (TPSA) is 98.1 Å². The molecule has 9 heteroatoms. The van der Waals surface area contributed by atoms with Crippen LogP contribution in [-0.4, -0.2) is 37.9 Å². The summed E-state index contributed by atoms with van der Waals surface area (Å²) in [5.74, 6) is 1.13. The molecule has 0 radical (unpaired) electrons. The highest BCUT2D eigenvalue weighted by Crippen LogP contribution is 2.38. The van der Waals surface area contributed by atoms with Crippen molar-refractivity contribution in [3.8, 4) is 11.5 Å². The molecule has 1 aliphatic rings. The standard InChI is InChI=1S/C25H28N2O6S/c1-4-31-24-13-19-12-18(3)33-23(19)14-22(24)26-25(28)16-27(15-20-6-5-11-32-20)34(29,30)21-9-7-17(2)8-10-21/h5-11,13-14,18H,4,12,15-16H2,1-3H3,(H,26,28)/t18-/m0/s1. The number of benzene rings is 2. The molecule has 0 fully saturated rings. The highest BCUT2D eigenvalue weighted by Gasteiger charge is 2.29. The molecule has 2 heterocycles. The Labute approximate surface area is 199 Å². The van der Waals surface area contributed by atoms with E-state index in [-0.39, 0.29) is 17.5 Å². The number of aryl methyl sites for hydroxylation is 1. The van der Waals surface area contributed by atoms with Gasteiger partial charge in [0.25, 0.3) is 0 Å². The molecule has 1 amide bonds. The predicted octanol–water partition coefficient (Wildman–Crippen LogP) is 4.14. The minimum atomic E-state index is -3.96. The summed E-state index contributed by atoms with van der Waals surface area (Å²) in [4.78, 5) is 13.2. The van der Waals surface area contributed by atoms with Crippen LogP contribution in [0.25, 0.3) is 0 Å². The van der Waals surface area contributed by atoms with Gasteiger partial charge in [-0.3, -0.25) is 4.79 Å². The minimum absolute atomic E-state index is 0.0406. The van der Waals surface area contributed by atoms with Crippen molar-refractivity contribution >= 4 is 21.6 Å². The van der Waals surface area contributed by atoms with Gasteiger partial charge in [0.15, 0.2) is 0 Å². The molecule has 8 nitrogen and oxygen atoms in total. The van der Waals surface area contributed by atoms with Gasteiger partial charge in [-0.05, 0) is 51.1 Å². The maximum Gasteiger partial charge on any atom is 0.243 e. The van der Waals surface area contributed by atoms with Crippen LogP contribution in [-0.2, 0) is 27.8 Å². The van der Waals surface area contributed by atoms with Crippen molar-refractivity contribution in [2.24, 2.45) is 0 Å². The highest BCUT2D eigenvalue weighted by molar-refractivity contribution is 7.89. The quantitative estimate of drug-likeness (QED) is 0.490. The van der Waals surface area contributed by atoms with Gasteiger partial charge < -0.3 is 19.2 Å². The lowest BCUT2D eigenvalue weighted by Crippen LogP contribution is -2.37. The second-order valence-corrected chi connectivity index (χ2v) is 10.2. The van der Waals surface area contributed by atoms with Crippen LogP contribution >= 0.6 is 0 Å². The second-order valence-electron chi connectivity index (χ2n) is 8.24. The molecule has 34 heavy (non-hydrogen) atoms. The third-order valence-electron chi connectivity index (χ3n) is 5.46. The van der Waals surface area contributed by atoms with E-state index in [0.717, 1.165) is 21.9 Å². The molecule has 1 aromatic heterocycles. The number of sulfonamides is 1. The van der Waals surface area contributed by atoms with Gasteiger partial charge in [0, 0.05) is 18.1 Å². The summed E-state index contributed by atoms with van der Waals surface area (Å²) in [6.45, 7) is 5.64. The van der Waals surface area contributed by atoms with Crippen LogP contribution in [0.2, 0.25) is 0 Å². The molecule has 2 aromatic carbocycles. The SMILES string of the molecule is CCOc1cc2c(cc1NC(=O)CN(Cc1ccco1)S(=O)(=O)c1ccc(C)cc1)O[C@@H](C)C2. The van der Waals surface area contributed by atoms with Gasteiger partial charge in [-0.1, -0.05) is 17.7 Å². The number of nitrogens with zero attached hydrogens (tertiary/aromatic N) is 1. The monoisotopic (exact) mass is 484 g/mol. The molecule has 1 aliphatic heterocycles. The third kappa shape index (κ3) is 5.26. The van der Waals surface area contributed by atoms with E-state index in [1.807, 2.05) is 26.8 Å². The Kier molecular flexibility index (Phi) is 6.95. The van der Waals surface area contributed by atoms with Crippen molar-refractivity contribution in [2.75, 3.05) is 18.5 Å². The van der Waals surface area contributed by atoms with Gasteiger partial charge in [0.05, 0.1) is 36.5 Å². The van der Waals surface area contributed by atoms with Gasteiger partial charge in [0.1, 0.15) is 23.4 Å². The van der Waals surface area contributed by atoms with Crippen molar-refractivity contribution in [1.29, 1.82) is 0 Å². The van der Waals surface area contributed by atoms with Gasteiger partial charge in [-0.15, -0.1) is 0 Å². The zero-order valence-electron chi connectivity index (χ0n) is 19.4. The van der Waals surface area contributed by atoms with E-state index in [1.165, 1.54) is 18.4 Å². The molecular weight excluding hydrogens is 456 g/mol. The lowest BCUT2D eigenvalue weighted by atomic mass is 10.1. The van der Waals surface area contributed by atoms with E-state index in [0.29, 0.717) is 29.6 Å². The number of furan rings is 1. The molecule has 0 bridgehead atoms. The zero-order chi connectivity index (χ0) is 24.3. The van der Waals surface area contributed by atoms with E-state index < -0.39 is 22.5 Å². The minimum Gasteiger partial charge on any atom is -0.492 e. The summed E-state index contributed by atoms with van der Waals surface area (Å²) in [5, 5.41) is 2.80. The summed E-state index contributed by atoms with van der Waals surface area (Å²) in [6, 6.07) is 13.4. The Bertz CT molecular complexity index is 1250. The molecule has 4 rings (SSSR count). The third-order valence-corrected chi connectivity index (χ3v) is 7.27. The van der Waals surface area contributed by atoms with E-state index in [9.17, 15) is 13.2 Å². The van der Waals surface area contributed by atoms with Crippen molar-refractivity contribution in [3.05, 3.63) is 71.7 Å². The fourth-order valence-corrected chi connectivity index (χ4v) is 5.19. The fourth-order valence-electron chi connectivity index (χ4n) is 3.82.